The van der Waals surface area contributed by atoms with Crippen LogP contribution >= 0.6 is 0 Å². The van der Waals surface area contributed by atoms with E-state index in [0.717, 1.165) is 16.5 Å². The zero-order chi connectivity index (χ0) is 12.5. The van der Waals surface area contributed by atoms with Gasteiger partial charge in [-0.05, 0) is 12.1 Å². The van der Waals surface area contributed by atoms with E-state index in [9.17, 15) is 9.59 Å². The number of hydrogen-bond donors (Lipinski definition) is 1. The van der Waals surface area contributed by atoms with Crippen LogP contribution in [-0.4, -0.2) is 23.5 Å². The van der Waals surface area contributed by atoms with Gasteiger partial charge in [0, 0.05) is 36.1 Å². The molecule has 0 unspecified atom stereocenters. The van der Waals surface area contributed by atoms with E-state index in [2.05, 4.69) is 10.3 Å². The molecule has 0 saturated carbocycles. The molecule has 2 heterocycles. The maximum atomic E-state index is 11.8. The quantitative estimate of drug-likeness (QED) is 0.826. The molecule has 5 nitrogen and oxygen atoms in total. The molecule has 2 aromatic rings. The minimum Gasteiger partial charge on any atom is -0.293 e. The Morgan fingerprint density at radius 1 is 1.22 bits per heavy atom. The summed E-state index contributed by atoms with van der Waals surface area (Å²) in [5, 5.41) is 4.25. The lowest BCUT2D eigenvalue weighted by atomic mass is 10.1. The van der Waals surface area contributed by atoms with Crippen LogP contribution < -0.4 is 10.2 Å². The van der Waals surface area contributed by atoms with E-state index in [1.165, 1.54) is 0 Å². The second kappa shape index (κ2) is 4.10. The molecule has 0 spiro atoms. The van der Waals surface area contributed by atoms with E-state index in [0.29, 0.717) is 13.0 Å². The number of fused-ring (bicyclic) bond motifs is 1. The smallest absolute Gasteiger partial charge is 0.293 e. The van der Waals surface area contributed by atoms with Gasteiger partial charge in [0.25, 0.3) is 0 Å². The first kappa shape index (κ1) is 10.7. The van der Waals surface area contributed by atoms with Gasteiger partial charge in [0.15, 0.2) is 0 Å². The first-order valence-corrected chi connectivity index (χ1v) is 5.70. The summed E-state index contributed by atoms with van der Waals surface area (Å²) in [6, 6.07) is 7.20. The molecule has 18 heavy (non-hydrogen) atoms. The monoisotopic (exact) mass is 241 g/mol. The average Bonchev–Trinajstić information content (AvgIpc) is 2.38. The number of nitrogens with one attached hydrogen (secondary N) is 1. The third kappa shape index (κ3) is 1.69. The highest BCUT2D eigenvalue weighted by Gasteiger charge is 2.25. The van der Waals surface area contributed by atoms with Gasteiger partial charge in [-0.25, -0.2) is 4.79 Å². The van der Waals surface area contributed by atoms with Crippen LogP contribution in [0.1, 0.15) is 6.42 Å². The maximum Gasteiger partial charge on any atom is 0.328 e. The lowest BCUT2D eigenvalue weighted by molar-refractivity contribution is -0.120. The number of aromatic nitrogens is 1. The molecule has 0 aliphatic carbocycles. The summed E-state index contributed by atoms with van der Waals surface area (Å²) in [7, 11) is 0. The molecule has 1 fully saturated rings. The Labute approximate surface area is 103 Å². The zero-order valence-electron chi connectivity index (χ0n) is 9.59. The van der Waals surface area contributed by atoms with Crippen LogP contribution in [0.15, 0.2) is 36.7 Å². The number of amides is 3. The van der Waals surface area contributed by atoms with Crippen LogP contribution in [0, 0.1) is 0 Å². The van der Waals surface area contributed by atoms with Crippen LogP contribution in [0.3, 0.4) is 0 Å². The van der Waals surface area contributed by atoms with Crippen LogP contribution in [0.2, 0.25) is 0 Å². The Morgan fingerprint density at radius 2 is 2.11 bits per heavy atom. The zero-order valence-corrected chi connectivity index (χ0v) is 9.59. The Bertz CT molecular complexity index is 634. The van der Waals surface area contributed by atoms with Gasteiger partial charge in [-0.3, -0.25) is 20.0 Å². The molecule has 1 aliphatic heterocycles. The van der Waals surface area contributed by atoms with Crippen molar-refractivity contribution >= 4 is 28.4 Å². The van der Waals surface area contributed by atoms with Gasteiger partial charge in [0.2, 0.25) is 5.91 Å². The normalized spacial score (nSPS) is 15.9. The van der Waals surface area contributed by atoms with Gasteiger partial charge < -0.3 is 0 Å². The summed E-state index contributed by atoms with van der Waals surface area (Å²) in [5.74, 6) is -0.224. The average molecular weight is 241 g/mol. The van der Waals surface area contributed by atoms with Crippen LogP contribution in [0.5, 0.6) is 0 Å². The van der Waals surface area contributed by atoms with Gasteiger partial charge in [0.1, 0.15) is 0 Å². The van der Waals surface area contributed by atoms with Crippen LogP contribution in [0.4, 0.5) is 10.5 Å². The SMILES string of the molecule is O=C1CCN(c2cccc3cnccc23)C(=O)N1. The number of nitrogens with zero attached hydrogens (tertiary/aromatic N) is 2. The van der Waals surface area contributed by atoms with E-state index in [-0.39, 0.29) is 11.9 Å². The molecular formula is C13H11N3O2. The standard InChI is InChI=1S/C13H11N3O2/c17-12-5-7-16(13(18)15-12)11-3-1-2-9-8-14-6-4-10(9)11/h1-4,6,8H,5,7H2,(H,15,17,18). The number of carbonyl (C=O) groups is 2. The molecule has 5 heteroatoms. The van der Waals surface area contributed by atoms with E-state index in [4.69, 9.17) is 0 Å². The minimum absolute atomic E-state index is 0.224. The molecular weight excluding hydrogens is 230 g/mol. The predicted octanol–water partition coefficient (Wildman–Crippen LogP) is 1.68. The number of benzene rings is 1. The molecule has 3 amide bonds. The Balaban J connectivity index is 2.09. The van der Waals surface area contributed by atoms with E-state index < -0.39 is 0 Å². The fourth-order valence-electron chi connectivity index (χ4n) is 2.13. The summed E-state index contributed by atoms with van der Waals surface area (Å²) >= 11 is 0. The molecule has 0 bridgehead atoms. The number of urea groups is 1. The van der Waals surface area contributed by atoms with Gasteiger partial charge in [0.05, 0.1) is 5.69 Å². The maximum absolute atomic E-state index is 11.8. The molecule has 1 aromatic heterocycles. The van der Waals surface area contributed by atoms with Gasteiger partial charge in [-0.15, -0.1) is 0 Å². The summed E-state index contributed by atoms with van der Waals surface area (Å²) in [6.45, 7) is 0.409. The largest absolute Gasteiger partial charge is 0.328 e. The number of imide groups is 1. The number of rotatable bonds is 1. The third-order valence-corrected chi connectivity index (χ3v) is 3.00. The lowest BCUT2D eigenvalue weighted by Gasteiger charge is -2.27. The second-order valence-corrected chi connectivity index (χ2v) is 4.13. The Kier molecular flexibility index (Phi) is 2.44. The van der Waals surface area contributed by atoms with Crippen molar-refractivity contribution in [2.24, 2.45) is 0 Å². The van der Waals surface area contributed by atoms with Crippen molar-refractivity contribution in [3.8, 4) is 0 Å². The first-order valence-electron chi connectivity index (χ1n) is 5.70. The molecule has 0 atom stereocenters. The molecule has 1 saturated heterocycles. The van der Waals surface area contributed by atoms with Crippen molar-refractivity contribution < 1.29 is 9.59 Å². The van der Waals surface area contributed by atoms with Gasteiger partial charge in [-0.1, -0.05) is 12.1 Å². The molecule has 90 valence electrons. The highest BCUT2D eigenvalue weighted by Crippen LogP contribution is 2.27. The Hall–Kier alpha value is -2.43. The van der Waals surface area contributed by atoms with Crippen molar-refractivity contribution in [1.29, 1.82) is 0 Å². The molecule has 1 aliphatic rings. The summed E-state index contributed by atoms with van der Waals surface area (Å²) < 4.78 is 0. The fraction of sp³-hybridized carbons (Fsp3) is 0.154. The predicted molar refractivity (Wildman–Crippen MR) is 67.2 cm³/mol. The van der Waals surface area contributed by atoms with Crippen LogP contribution in [-0.2, 0) is 4.79 Å². The van der Waals surface area contributed by atoms with Crippen molar-refractivity contribution in [2.45, 2.75) is 6.42 Å². The number of hydrogen-bond acceptors (Lipinski definition) is 3. The number of carbonyl (C=O) groups excluding carboxylic acids is 2. The highest BCUT2D eigenvalue weighted by atomic mass is 16.2. The van der Waals surface area contributed by atoms with E-state index in [1.54, 1.807) is 17.3 Å². The van der Waals surface area contributed by atoms with E-state index in [1.807, 2.05) is 24.3 Å². The minimum atomic E-state index is -0.365. The lowest BCUT2D eigenvalue weighted by Crippen LogP contribution is -2.49. The highest BCUT2D eigenvalue weighted by molar-refractivity contribution is 6.09. The van der Waals surface area contributed by atoms with Gasteiger partial charge in [-0.2, -0.15) is 0 Å². The molecule has 1 N–H and O–H groups in total. The van der Waals surface area contributed by atoms with Crippen molar-refractivity contribution in [3.05, 3.63) is 36.7 Å². The summed E-state index contributed by atoms with van der Waals surface area (Å²) in [4.78, 5) is 28.6. The molecule has 0 radical (unpaired) electrons. The van der Waals surface area contributed by atoms with E-state index >= 15 is 0 Å². The Morgan fingerprint density at radius 3 is 2.94 bits per heavy atom. The van der Waals surface area contributed by atoms with Gasteiger partial charge >= 0.3 is 6.03 Å². The summed E-state index contributed by atoms with van der Waals surface area (Å²) in [6.07, 6.45) is 3.78. The number of pyridine rings is 1. The first-order chi connectivity index (χ1) is 8.75. The fourth-order valence-corrected chi connectivity index (χ4v) is 2.13. The van der Waals surface area contributed by atoms with Crippen molar-refractivity contribution in [1.82, 2.24) is 10.3 Å². The molecule has 1 aromatic carbocycles. The third-order valence-electron chi connectivity index (χ3n) is 3.00. The van der Waals surface area contributed by atoms with Crippen molar-refractivity contribution in [3.63, 3.8) is 0 Å². The van der Waals surface area contributed by atoms with Crippen molar-refractivity contribution in [2.75, 3.05) is 11.4 Å². The molecule has 3 rings (SSSR count). The summed E-state index contributed by atoms with van der Waals surface area (Å²) in [5.41, 5.74) is 0.805. The van der Waals surface area contributed by atoms with Crippen LogP contribution in [0.25, 0.3) is 10.8 Å². The second-order valence-electron chi connectivity index (χ2n) is 4.13. The topological polar surface area (TPSA) is 62.3 Å². The number of anilines is 1.